The van der Waals surface area contributed by atoms with Gasteiger partial charge < -0.3 is 20.9 Å². The van der Waals surface area contributed by atoms with Crippen LogP contribution in [0.2, 0.25) is 0 Å². The van der Waals surface area contributed by atoms with Gasteiger partial charge in [0.1, 0.15) is 5.75 Å². The first-order valence-electron chi connectivity index (χ1n) is 6.93. The Morgan fingerprint density at radius 1 is 1.45 bits per heavy atom. The second-order valence-electron chi connectivity index (χ2n) is 5.51. The van der Waals surface area contributed by atoms with Gasteiger partial charge in [0.2, 0.25) is 0 Å². The van der Waals surface area contributed by atoms with Crippen LogP contribution in [-0.4, -0.2) is 31.3 Å². The Morgan fingerprint density at radius 3 is 2.75 bits per heavy atom. The Kier molecular flexibility index (Phi) is 4.49. The second-order valence-corrected chi connectivity index (χ2v) is 5.51. The molecule has 1 amide bonds. The summed E-state index contributed by atoms with van der Waals surface area (Å²) in [5, 5.41) is 12.4. The van der Waals surface area contributed by atoms with Crippen molar-refractivity contribution in [3.05, 3.63) is 23.8 Å². The van der Waals surface area contributed by atoms with Gasteiger partial charge in [-0.3, -0.25) is 4.79 Å². The first kappa shape index (κ1) is 14.7. The van der Waals surface area contributed by atoms with Crippen molar-refractivity contribution in [2.45, 2.75) is 25.7 Å². The molecule has 5 nitrogen and oxygen atoms in total. The van der Waals surface area contributed by atoms with Crippen LogP contribution in [0.15, 0.2) is 18.2 Å². The Bertz CT molecular complexity index is 482. The molecule has 2 rings (SSSR count). The minimum Gasteiger partial charge on any atom is -0.496 e. The molecule has 0 unspecified atom stereocenters. The Morgan fingerprint density at radius 2 is 2.15 bits per heavy atom. The molecule has 20 heavy (non-hydrogen) atoms. The predicted molar refractivity (Wildman–Crippen MR) is 77.7 cm³/mol. The average Bonchev–Trinajstić information content (AvgIpc) is 2.94. The zero-order valence-corrected chi connectivity index (χ0v) is 11.8. The molecule has 1 aliphatic carbocycles. The van der Waals surface area contributed by atoms with Gasteiger partial charge in [-0.1, -0.05) is 12.8 Å². The lowest BCUT2D eigenvalue weighted by molar-refractivity contribution is 0.0878. The van der Waals surface area contributed by atoms with Crippen LogP contribution in [0.3, 0.4) is 0 Å². The highest BCUT2D eigenvalue weighted by molar-refractivity contribution is 5.97. The van der Waals surface area contributed by atoms with Crippen molar-refractivity contribution in [2.75, 3.05) is 26.0 Å². The van der Waals surface area contributed by atoms with E-state index >= 15 is 0 Å². The number of ether oxygens (including phenoxy) is 1. The maximum atomic E-state index is 12.3. The summed E-state index contributed by atoms with van der Waals surface area (Å²) in [6, 6.07) is 4.98. The number of anilines is 1. The topological polar surface area (TPSA) is 84.6 Å². The molecule has 5 heteroatoms. The van der Waals surface area contributed by atoms with E-state index in [1.54, 1.807) is 18.2 Å². The predicted octanol–water partition coefficient (Wildman–Crippen LogP) is 1.56. The lowest BCUT2D eigenvalue weighted by atomic mass is 9.87. The van der Waals surface area contributed by atoms with Gasteiger partial charge in [-0.15, -0.1) is 0 Å². The Hall–Kier alpha value is -1.75. The summed E-state index contributed by atoms with van der Waals surface area (Å²) in [7, 11) is 1.52. The van der Waals surface area contributed by atoms with Gasteiger partial charge in [-0.25, -0.2) is 0 Å². The summed E-state index contributed by atoms with van der Waals surface area (Å²) in [6.07, 6.45) is 4.13. The van der Waals surface area contributed by atoms with E-state index in [0.29, 0.717) is 23.5 Å². The molecule has 1 aromatic carbocycles. The molecule has 1 saturated carbocycles. The molecule has 0 atom stereocenters. The Labute approximate surface area is 119 Å². The molecule has 0 spiro atoms. The molecule has 0 aromatic heterocycles. The van der Waals surface area contributed by atoms with E-state index in [4.69, 9.17) is 10.5 Å². The highest BCUT2D eigenvalue weighted by Gasteiger charge is 2.33. The minimum absolute atomic E-state index is 0.112. The number of carbonyl (C=O) groups excluding carboxylic acids is 1. The van der Waals surface area contributed by atoms with Crippen molar-refractivity contribution >= 4 is 11.6 Å². The van der Waals surface area contributed by atoms with Crippen LogP contribution >= 0.6 is 0 Å². The van der Waals surface area contributed by atoms with Crippen LogP contribution in [-0.2, 0) is 0 Å². The third-order valence-electron chi connectivity index (χ3n) is 4.09. The largest absolute Gasteiger partial charge is 0.496 e. The maximum absolute atomic E-state index is 12.3. The summed E-state index contributed by atoms with van der Waals surface area (Å²) in [6.45, 7) is 0.599. The van der Waals surface area contributed by atoms with Gasteiger partial charge >= 0.3 is 0 Å². The van der Waals surface area contributed by atoms with E-state index in [9.17, 15) is 9.90 Å². The summed E-state index contributed by atoms with van der Waals surface area (Å²) in [5.41, 5.74) is 6.50. The fourth-order valence-electron chi connectivity index (χ4n) is 2.78. The molecule has 110 valence electrons. The summed E-state index contributed by atoms with van der Waals surface area (Å²) in [4.78, 5) is 12.3. The van der Waals surface area contributed by atoms with E-state index in [1.165, 1.54) is 7.11 Å². The lowest BCUT2D eigenvalue weighted by Gasteiger charge is -2.26. The van der Waals surface area contributed by atoms with Crippen LogP contribution in [0.4, 0.5) is 5.69 Å². The highest BCUT2D eigenvalue weighted by Crippen LogP contribution is 2.37. The van der Waals surface area contributed by atoms with E-state index in [1.807, 2.05) is 0 Å². The fourth-order valence-corrected chi connectivity index (χ4v) is 2.78. The lowest BCUT2D eigenvalue weighted by Crippen LogP contribution is -2.38. The van der Waals surface area contributed by atoms with E-state index < -0.39 is 0 Å². The van der Waals surface area contributed by atoms with E-state index in [2.05, 4.69) is 5.32 Å². The number of benzene rings is 1. The minimum atomic E-state index is -0.214. The quantitative estimate of drug-likeness (QED) is 0.714. The van der Waals surface area contributed by atoms with Crippen LogP contribution < -0.4 is 15.8 Å². The second kappa shape index (κ2) is 6.13. The van der Waals surface area contributed by atoms with Crippen molar-refractivity contribution in [2.24, 2.45) is 5.41 Å². The molecule has 0 aliphatic heterocycles. The van der Waals surface area contributed by atoms with Gasteiger partial charge in [-0.2, -0.15) is 0 Å². The third-order valence-corrected chi connectivity index (χ3v) is 4.09. The van der Waals surface area contributed by atoms with Crippen molar-refractivity contribution < 1.29 is 14.6 Å². The number of hydrogen-bond donors (Lipinski definition) is 3. The van der Waals surface area contributed by atoms with E-state index in [0.717, 1.165) is 25.7 Å². The molecule has 4 N–H and O–H groups in total. The normalized spacial score (nSPS) is 16.9. The smallest absolute Gasteiger partial charge is 0.255 e. The summed E-state index contributed by atoms with van der Waals surface area (Å²) < 4.78 is 5.18. The van der Waals surface area contributed by atoms with Crippen molar-refractivity contribution in [3.8, 4) is 5.75 Å². The molecule has 0 saturated heterocycles. The number of nitrogens with one attached hydrogen (secondary N) is 1. The molecule has 1 fully saturated rings. The van der Waals surface area contributed by atoms with Crippen LogP contribution in [0.5, 0.6) is 5.75 Å². The van der Waals surface area contributed by atoms with Gasteiger partial charge in [-0.05, 0) is 31.0 Å². The third kappa shape index (κ3) is 3.04. The SMILES string of the molecule is COc1ccc(N)cc1C(=O)NCC1(CO)CCCC1. The maximum Gasteiger partial charge on any atom is 0.255 e. The van der Waals surface area contributed by atoms with Gasteiger partial charge in [0.15, 0.2) is 0 Å². The number of amides is 1. The standard InChI is InChI=1S/C15H22N2O3/c1-20-13-5-4-11(16)8-12(13)14(19)17-9-15(10-18)6-2-3-7-15/h4-5,8,18H,2-3,6-7,9-10,16H2,1H3,(H,17,19). The number of nitrogens with two attached hydrogens (primary N) is 1. The molecule has 0 radical (unpaired) electrons. The van der Waals surface area contributed by atoms with Crippen molar-refractivity contribution in [1.82, 2.24) is 5.32 Å². The first-order valence-corrected chi connectivity index (χ1v) is 6.93. The number of methoxy groups -OCH3 is 1. The number of hydrogen-bond acceptors (Lipinski definition) is 4. The highest BCUT2D eigenvalue weighted by atomic mass is 16.5. The van der Waals surface area contributed by atoms with E-state index in [-0.39, 0.29) is 17.9 Å². The fraction of sp³-hybridized carbons (Fsp3) is 0.533. The molecule has 0 heterocycles. The molecule has 1 aliphatic rings. The zero-order chi connectivity index (χ0) is 14.6. The number of aliphatic hydroxyl groups excluding tert-OH is 1. The molecular weight excluding hydrogens is 256 g/mol. The van der Waals surface area contributed by atoms with Crippen LogP contribution in [0, 0.1) is 5.41 Å². The molecule has 1 aromatic rings. The van der Waals surface area contributed by atoms with Gasteiger partial charge in [0, 0.05) is 17.6 Å². The monoisotopic (exact) mass is 278 g/mol. The molecular formula is C15H22N2O3. The summed E-state index contributed by atoms with van der Waals surface area (Å²) >= 11 is 0. The Balaban J connectivity index is 2.06. The van der Waals surface area contributed by atoms with Gasteiger partial charge in [0.05, 0.1) is 19.3 Å². The number of nitrogen functional groups attached to an aromatic ring is 1. The summed E-state index contributed by atoms with van der Waals surface area (Å²) in [5.74, 6) is 0.287. The molecule has 0 bridgehead atoms. The number of aliphatic hydroxyl groups is 1. The number of rotatable bonds is 5. The van der Waals surface area contributed by atoms with Crippen LogP contribution in [0.1, 0.15) is 36.0 Å². The van der Waals surface area contributed by atoms with Crippen molar-refractivity contribution in [3.63, 3.8) is 0 Å². The number of carbonyl (C=O) groups is 1. The zero-order valence-electron chi connectivity index (χ0n) is 11.8. The average molecular weight is 278 g/mol. The van der Waals surface area contributed by atoms with Crippen molar-refractivity contribution in [1.29, 1.82) is 0 Å². The van der Waals surface area contributed by atoms with Crippen LogP contribution in [0.25, 0.3) is 0 Å². The first-order chi connectivity index (χ1) is 9.60. The van der Waals surface area contributed by atoms with Gasteiger partial charge in [0.25, 0.3) is 5.91 Å².